The molecule has 10 nitrogen and oxygen atoms in total. The summed E-state index contributed by atoms with van der Waals surface area (Å²) in [6.45, 7) is 2.24. The molecular formula is C28H29N9O. The van der Waals surface area contributed by atoms with E-state index in [1.54, 1.807) is 21.7 Å². The molecule has 38 heavy (non-hydrogen) atoms. The van der Waals surface area contributed by atoms with E-state index in [2.05, 4.69) is 56.0 Å². The molecule has 192 valence electrons. The summed E-state index contributed by atoms with van der Waals surface area (Å²) in [7, 11) is 3.99. The molecule has 1 fully saturated rings. The minimum Gasteiger partial charge on any atom is -0.340 e. The maximum Gasteiger partial charge on any atom is 0.261 e. The summed E-state index contributed by atoms with van der Waals surface area (Å²) in [4.78, 5) is 24.6. The van der Waals surface area contributed by atoms with Gasteiger partial charge in [0, 0.05) is 30.2 Å². The Kier molecular flexibility index (Phi) is 6.30. The van der Waals surface area contributed by atoms with Crippen molar-refractivity contribution in [3.8, 4) is 11.4 Å². The van der Waals surface area contributed by atoms with Crippen molar-refractivity contribution in [2.45, 2.75) is 18.8 Å². The standard InChI is InChI=1S/C28H29N9O/c1-35-12-9-19(10-13-35)20-5-3-7-22(15-20)31-25-11-14-37-27(33-25)24(17-30-37)28(38)32-23-8-4-6-21(16-23)26-29-18-36(2)34-26/h3-8,11,14-19H,9-10,12-13H2,1-2H3,(H,31,33)(H,32,38). The van der Waals surface area contributed by atoms with Gasteiger partial charge in [-0.15, -0.1) is 0 Å². The number of amides is 1. The molecule has 0 bridgehead atoms. The summed E-state index contributed by atoms with van der Waals surface area (Å²) in [5.74, 6) is 1.52. The van der Waals surface area contributed by atoms with Crippen molar-refractivity contribution in [3.05, 3.63) is 84.4 Å². The first kappa shape index (κ1) is 23.8. The van der Waals surface area contributed by atoms with Gasteiger partial charge in [0.25, 0.3) is 5.91 Å². The highest BCUT2D eigenvalue weighted by Gasteiger charge is 2.19. The lowest BCUT2D eigenvalue weighted by molar-refractivity contribution is 0.102. The summed E-state index contributed by atoms with van der Waals surface area (Å²) >= 11 is 0. The molecule has 5 aromatic rings. The van der Waals surface area contributed by atoms with Crippen molar-refractivity contribution in [1.29, 1.82) is 0 Å². The molecule has 0 radical (unpaired) electrons. The van der Waals surface area contributed by atoms with Crippen molar-refractivity contribution in [3.63, 3.8) is 0 Å². The monoisotopic (exact) mass is 507 g/mol. The van der Waals surface area contributed by atoms with E-state index in [0.29, 0.717) is 34.5 Å². The molecule has 0 atom stereocenters. The van der Waals surface area contributed by atoms with E-state index in [9.17, 15) is 4.79 Å². The highest BCUT2D eigenvalue weighted by atomic mass is 16.1. The quantitative estimate of drug-likeness (QED) is 0.352. The second kappa shape index (κ2) is 10.1. The molecule has 1 aliphatic heterocycles. The number of hydrogen-bond donors (Lipinski definition) is 2. The Hall–Kier alpha value is -4.57. The number of carbonyl (C=O) groups excluding carboxylic acids is 1. The molecule has 6 rings (SSSR count). The van der Waals surface area contributed by atoms with Crippen LogP contribution in [0.1, 0.15) is 34.7 Å². The maximum absolute atomic E-state index is 13.2. The minimum absolute atomic E-state index is 0.292. The number of piperidine rings is 1. The number of anilines is 3. The number of nitrogens with zero attached hydrogens (tertiary/aromatic N) is 7. The van der Waals surface area contributed by atoms with Crippen LogP contribution in [0.4, 0.5) is 17.2 Å². The molecule has 10 heteroatoms. The zero-order chi connectivity index (χ0) is 26.1. The average Bonchev–Trinajstić information content (AvgIpc) is 3.55. The van der Waals surface area contributed by atoms with Crippen LogP contribution >= 0.6 is 0 Å². The highest BCUT2D eigenvalue weighted by Crippen LogP contribution is 2.30. The van der Waals surface area contributed by atoms with Gasteiger partial charge in [0.15, 0.2) is 11.5 Å². The van der Waals surface area contributed by atoms with Gasteiger partial charge >= 0.3 is 0 Å². The number of aryl methyl sites for hydroxylation is 1. The number of rotatable bonds is 6. The van der Waals surface area contributed by atoms with Crippen LogP contribution in [0.3, 0.4) is 0 Å². The highest BCUT2D eigenvalue weighted by molar-refractivity contribution is 6.08. The van der Waals surface area contributed by atoms with E-state index in [-0.39, 0.29) is 5.91 Å². The van der Waals surface area contributed by atoms with E-state index >= 15 is 0 Å². The minimum atomic E-state index is -0.292. The van der Waals surface area contributed by atoms with Crippen molar-refractivity contribution in [2.75, 3.05) is 30.8 Å². The fraction of sp³-hybridized carbons (Fsp3) is 0.250. The number of nitrogens with one attached hydrogen (secondary N) is 2. The van der Waals surface area contributed by atoms with Gasteiger partial charge in [-0.3, -0.25) is 9.48 Å². The smallest absolute Gasteiger partial charge is 0.261 e. The summed E-state index contributed by atoms with van der Waals surface area (Å²) in [6, 6.07) is 17.8. The van der Waals surface area contributed by atoms with E-state index < -0.39 is 0 Å². The Bertz CT molecular complexity index is 1600. The van der Waals surface area contributed by atoms with E-state index in [0.717, 1.165) is 24.3 Å². The molecule has 0 unspecified atom stereocenters. The summed E-state index contributed by atoms with van der Waals surface area (Å²) in [6.07, 6.45) is 7.31. The molecule has 2 N–H and O–H groups in total. The Balaban J connectivity index is 1.20. The van der Waals surface area contributed by atoms with Crippen molar-refractivity contribution in [1.82, 2.24) is 34.3 Å². The fourth-order valence-electron chi connectivity index (χ4n) is 4.86. The van der Waals surface area contributed by atoms with Crippen molar-refractivity contribution >= 4 is 28.7 Å². The van der Waals surface area contributed by atoms with Crippen molar-refractivity contribution < 1.29 is 4.79 Å². The van der Waals surface area contributed by atoms with E-state index in [1.165, 1.54) is 24.6 Å². The molecular weight excluding hydrogens is 478 g/mol. The summed E-state index contributed by atoms with van der Waals surface area (Å²) in [5.41, 5.74) is 4.63. The molecule has 2 aromatic carbocycles. The van der Waals surface area contributed by atoms with Crippen molar-refractivity contribution in [2.24, 2.45) is 7.05 Å². The van der Waals surface area contributed by atoms with Crippen LogP contribution in [0.15, 0.2) is 73.3 Å². The second-order valence-electron chi connectivity index (χ2n) is 9.74. The first-order valence-corrected chi connectivity index (χ1v) is 12.7. The molecule has 1 saturated heterocycles. The predicted molar refractivity (Wildman–Crippen MR) is 147 cm³/mol. The average molecular weight is 508 g/mol. The number of fused-ring (bicyclic) bond motifs is 1. The van der Waals surface area contributed by atoms with Gasteiger partial charge in [-0.25, -0.2) is 14.5 Å². The fourth-order valence-corrected chi connectivity index (χ4v) is 4.86. The van der Waals surface area contributed by atoms with Gasteiger partial charge in [-0.05, 0) is 74.8 Å². The third-order valence-electron chi connectivity index (χ3n) is 6.94. The van der Waals surface area contributed by atoms with Crippen LogP contribution in [-0.2, 0) is 7.05 Å². The van der Waals surface area contributed by atoms with Gasteiger partial charge in [0.1, 0.15) is 17.7 Å². The number of aromatic nitrogens is 6. The Labute approximate surface area is 220 Å². The molecule has 0 aliphatic carbocycles. The normalized spacial score (nSPS) is 14.6. The lowest BCUT2D eigenvalue weighted by atomic mass is 9.89. The van der Waals surface area contributed by atoms with E-state index in [1.807, 2.05) is 43.4 Å². The number of benzene rings is 2. The molecule has 1 aliphatic rings. The zero-order valence-corrected chi connectivity index (χ0v) is 21.4. The van der Waals surface area contributed by atoms with Gasteiger partial charge in [-0.2, -0.15) is 10.2 Å². The predicted octanol–water partition coefficient (Wildman–Crippen LogP) is 4.33. The molecule has 0 saturated carbocycles. The Morgan fingerprint density at radius 2 is 1.82 bits per heavy atom. The first-order valence-electron chi connectivity index (χ1n) is 12.7. The lowest BCUT2D eigenvalue weighted by Gasteiger charge is -2.29. The lowest BCUT2D eigenvalue weighted by Crippen LogP contribution is -2.29. The molecule has 1 amide bonds. The maximum atomic E-state index is 13.2. The largest absolute Gasteiger partial charge is 0.340 e. The number of hydrogen-bond acceptors (Lipinski definition) is 7. The van der Waals surface area contributed by atoms with E-state index in [4.69, 9.17) is 4.98 Å². The van der Waals surface area contributed by atoms with Gasteiger partial charge in [-0.1, -0.05) is 24.3 Å². The number of carbonyl (C=O) groups is 1. The van der Waals surface area contributed by atoms with Gasteiger partial charge in [0.05, 0.1) is 6.20 Å². The summed E-state index contributed by atoms with van der Waals surface area (Å²) in [5, 5.41) is 15.0. The third-order valence-corrected chi connectivity index (χ3v) is 6.94. The second-order valence-corrected chi connectivity index (χ2v) is 9.74. The van der Waals surface area contributed by atoms with Crippen LogP contribution in [-0.4, -0.2) is 60.3 Å². The summed E-state index contributed by atoms with van der Waals surface area (Å²) < 4.78 is 3.24. The van der Waals surface area contributed by atoms with Gasteiger partial charge < -0.3 is 15.5 Å². The molecule has 4 heterocycles. The Morgan fingerprint density at radius 1 is 1.00 bits per heavy atom. The van der Waals surface area contributed by atoms with Crippen LogP contribution in [0.5, 0.6) is 0 Å². The van der Waals surface area contributed by atoms with Crippen LogP contribution in [0, 0.1) is 0 Å². The van der Waals surface area contributed by atoms with Crippen LogP contribution in [0.25, 0.3) is 17.0 Å². The van der Waals surface area contributed by atoms with Gasteiger partial charge in [0.2, 0.25) is 0 Å². The molecule has 3 aromatic heterocycles. The Morgan fingerprint density at radius 3 is 2.63 bits per heavy atom. The zero-order valence-electron chi connectivity index (χ0n) is 21.4. The first-order chi connectivity index (χ1) is 18.5. The SMILES string of the molecule is CN1CCC(c2cccc(Nc3ccn4ncc(C(=O)Nc5cccc(-c6ncn(C)n6)c5)c4n3)c2)CC1. The molecule has 0 spiro atoms. The number of likely N-dealkylation sites (tertiary alicyclic amines) is 1. The third kappa shape index (κ3) is 4.98. The topological polar surface area (TPSA) is 105 Å². The van der Waals surface area contributed by atoms with Crippen LogP contribution < -0.4 is 10.6 Å². The van der Waals surface area contributed by atoms with Crippen LogP contribution in [0.2, 0.25) is 0 Å².